The van der Waals surface area contributed by atoms with Gasteiger partial charge in [0.2, 0.25) is 0 Å². The number of benzene rings is 1. The van der Waals surface area contributed by atoms with Gasteiger partial charge in [-0.1, -0.05) is 5.16 Å². The minimum atomic E-state index is -0.171. The van der Waals surface area contributed by atoms with Crippen LogP contribution in [0.3, 0.4) is 0 Å². The minimum Gasteiger partial charge on any atom is -0.333 e. The lowest BCUT2D eigenvalue weighted by Crippen LogP contribution is -2.11. The van der Waals surface area contributed by atoms with E-state index in [2.05, 4.69) is 15.5 Å². The van der Waals surface area contributed by atoms with Gasteiger partial charge in [0, 0.05) is 29.6 Å². The fourth-order valence-electron chi connectivity index (χ4n) is 2.89. The summed E-state index contributed by atoms with van der Waals surface area (Å²) < 4.78 is 7.38. The number of carbonyl (C=O) groups excluding carboxylic acids is 1. The molecule has 1 fully saturated rings. The molecule has 3 heterocycles. The van der Waals surface area contributed by atoms with E-state index in [0.717, 1.165) is 29.2 Å². The summed E-state index contributed by atoms with van der Waals surface area (Å²) in [6.45, 7) is 0. The van der Waals surface area contributed by atoms with Crippen molar-refractivity contribution in [3.8, 4) is 16.5 Å². The minimum absolute atomic E-state index is 0.171. The predicted molar refractivity (Wildman–Crippen MR) is 103 cm³/mol. The first-order valence-corrected chi connectivity index (χ1v) is 9.62. The van der Waals surface area contributed by atoms with Crippen LogP contribution in [0.15, 0.2) is 64.8 Å². The first-order valence-electron chi connectivity index (χ1n) is 8.74. The average Bonchev–Trinajstić information content (AvgIpc) is 3.11. The molecule has 7 heteroatoms. The second kappa shape index (κ2) is 6.51. The van der Waals surface area contributed by atoms with Crippen molar-refractivity contribution in [2.75, 3.05) is 5.32 Å². The van der Waals surface area contributed by atoms with Crippen LogP contribution < -0.4 is 5.32 Å². The van der Waals surface area contributed by atoms with Crippen LogP contribution >= 0.6 is 11.3 Å². The van der Waals surface area contributed by atoms with E-state index < -0.39 is 0 Å². The van der Waals surface area contributed by atoms with Crippen molar-refractivity contribution in [1.29, 1.82) is 0 Å². The Bertz CT molecular complexity index is 1080. The van der Waals surface area contributed by atoms with Gasteiger partial charge in [-0.25, -0.2) is 0 Å². The Morgan fingerprint density at radius 2 is 1.93 bits per heavy atom. The van der Waals surface area contributed by atoms with Crippen molar-refractivity contribution in [2.45, 2.75) is 18.8 Å². The Kier molecular flexibility index (Phi) is 3.86. The van der Waals surface area contributed by atoms with Gasteiger partial charge in [-0.3, -0.25) is 4.79 Å². The molecule has 3 aromatic heterocycles. The number of aromatic nitrogens is 3. The number of carbonyl (C=O) groups is 1. The van der Waals surface area contributed by atoms with Gasteiger partial charge in [-0.15, -0.1) is 11.3 Å². The first-order chi connectivity index (χ1) is 13.3. The third-order valence-corrected chi connectivity index (χ3v) is 5.43. The van der Waals surface area contributed by atoms with Crippen LogP contribution in [0.25, 0.3) is 16.5 Å². The zero-order valence-corrected chi connectivity index (χ0v) is 15.1. The molecule has 4 aromatic rings. The van der Waals surface area contributed by atoms with Gasteiger partial charge >= 0.3 is 0 Å². The van der Waals surface area contributed by atoms with Gasteiger partial charge in [0.05, 0.1) is 5.69 Å². The predicted octanol–water partition coefficient (Wildman–Crippen LogP) is 4.72. The van der Waals surface area contributed by atoms with E-state index in [4.69, 9.17) is 4.52 Å². The van der Waals surface area contributed by atoms with Crippen LogP contribution in [-0.4, -0.2) is 20.6 Å². The monoisotopic (exact) mass is 376 g/mol. The largest absolute Gasteiger partial charge is 0.333 e. The quantitative estimate of drug-likeness (QED) is 0.547. The molecule has 0 unspecified atom stereocenters. The summed E-state index contributed by atoms with van der Waals surface area (Å²) in [5.41, 5.74) is 2.28. The normalized spacial score (nSPS) is 13.6. The van der Waals surface area contributed by atoms with Crippen LogP contribution in [0.2, 0.25) is 0 Å². The molecular formula is C20H16N4O2S. The highest BCUT2D eigenvalue weighted by Crippen LogP contribution is 2.40. The van der Waals surface area contributed by atoms with E-state index in [1.165, 1.54) is 11.3 Å². The number of hydrogen-bond donors (Lipinski definition) is 1. The molecule has 6 nitrogen and oxygen atoms in total. The van der Waals surface area contributed by atoms with Crippen LogP contribution in [0.4, 0.5) is 5.69 Å². The first kappa shape index (κ1) is 16.0. The Hall–Kier alpha value is -3.19. The molecule has 1 aromatic carbocycles. The maximum atomic E-state index is 12.6. The lowest BCUT2D eigenvalue weighted by molar-refractivity contribution is 0.102. The summed E-state index contributed by atoms with van der Waals surface area (Å²) in [7, 11) is 0. The van der Waals surface area contributed by atoms with Gasteiger partial charge in [0.15, 0.2) is 5.82 Å². The summed E-state index contributed by atoms with van der Waals surface area (Å²) in [6, 6.07) is 13.2. The van der Waals surface area contributed by atoms with Crippen molar-refractivity contribution < 1.29 is 9.32 Å². The van der Waals surface area contributed by atoms with E-state index in [0.29, 0.717) is 23.1 Å². The molecule has 0 spiro atoms. The van der Waals surface area contributed by atoms with Crippen molar-refractivity contribution in [2.24, 2.45) is 0 Å². The molecule has 0 radical (unpaired) electrons. The van der Waals surface area contributed by atoms with Gasteiger partial charge in [-0.05, 0) is 60.7 Å². The third kappa shape index (κ3) is 3.17. The summed E-state index contributed by atoms with van der Waals surface area (Å²) in [5.74, 6) is 1.48. The number of hydrogen-bond acceptors (Lipinski definition) is 5. The van der Waals surface area contributed by atoms with Crippen molar-refractivity contribution in [1.82, 2.24) is 14.7 Å². The van der Waals surface area contributed by atoms with Gasteiger partial charge in [0.1, 0.15) is 4.88 Å². The molecule has 134 valence electrons. The Labute approximate surface area is 159 Å². The lowest BCUT2D eigenvalue weighted by Gasteiger charge is -2.07. The maximum Gasteiger partial charge on any atom is 0.270 e. The highest BCUT2D eigenvalue weighted by molar-refractivity contribution is 7.14. The van der Waals surface area contributed by atoms with Crippen LogP contribution in [0, 0.1) is 0 Å². The molecule has 0 bridgehead atoms. The van der Waals surface area contributed by atoms with E-state index in [-0.39, 0.29) is 5.91 Å². The van der Waals surface area contributed by atoms with E-state index in [1.807, 2.05) is 64.8 Å². The van der Waals surface area contributed by atoms with Crippen molar-refractivity contribution in [3.05, 3.63) is 71.6 Å². The summed E-state index contributed by atoms with van der Waals surface area (Å²) in [5, 5.41) is 8.91. The number of nitrogens with zero attached hydrogens (tertiary/aromatic N) is 3. The number of amides is 1. The lowest BCUT2D eigenvalue weighted by atomic mass is 10.2. The van der Waals surface area contributed by atoms with Crippen molar-refractivity contribution in [3.63, 3.8) is 0 Å². The van der Waals surface area contributed by atoms with Crippen molar-refractivity contribution >= 4 is 22.9 Å². The highest BCUT2D eigenvalue weighted by atomic mass is 32.1. The summed E-state index contributed by atoms with van der Waals surface area (Å²) in [4.78, 5) is 17.9. The van der Waals surface area contributed by atoms with E-state index in [9.17, 15) is 4.79 Å². The highest BCUT2D eigenvalue weighted by Gasteiger charge is 2.29. The van der Waals surface area contributed by atoms with Crippen LogP contribution in [0.5, 0.6) is 0 Å². The fraction of sp³-hybridized carbons (Fsp3) is 0.150. The zero-order valence-electron chi connectivity index (χ0n) is 14.3. The standard InChI is InChI=1S/C20H16N4O2S/c25-19(14-5-7-15(8-6-14)24-10-1-2-11-24)21-16-9-12-27-17(16)20-22-18(23-26-20)13-3-4-13/h1-2,5-13H,3-4H2,(H,21,25). The molecule has 5 rings (SSSR count). The molecule has 0 aliphatic heterocycles. The van der Waals surface area contributed by atoms with Gasteiger partial charge in [0.25, 0.3) is 11.8 Å². The van der Waals surface area contributed by atoms with Crippen LogP contribution in [-0.2, 0) is 0 Å². The molecule has 0 saturated heterocycles. The third-order valence-electron chi connectivity index (χ3n) is 4.52. The second-order valence-electron chi connectivity index (χ2n) is 6.49. The Morgan fingerprint density at radius 3 is 2.67 bits per heavy atom. The maximum absolute atomic E-state index is 12.6. The second-order valence-corrected chi connectivity index (χ2v) is 7.40. The number of anilines is 1. The number of rotatable bonds is 5. The zero-order chi connectivity index (χ0) is 18.2. The SMILES string of the molecule is O=C(Nc1ccsc1-c1nc(C2CC2)no1)c1ccc(-n2cccc2)cc1. The summed E-state index contributed by atoms with van der Waals surface area (Å²) in [6.07, 6.45) is 6.16. The molecule has 1 N–H and O–H groups in total. The topological polar surface area (TPSA) is 73.0 Å². The van der Waals surface area contributed by atoms with E-state index in [1.54, 1.807) is 0 Å². The number of nitrogens with one attached hydrogen (secondary N) is 1. The Balaban J connectivity index is 1.34. The molecule has 27 heavy (non-hydrogen) atoms. The van der Waals surface area contributed by atoms with Gasteiger partial charge < -0.3 is 14.4 Å². The Morgan fingerprint density at radius 1 is 1.15 bits per heavy atom. The van der Waals surface area contributed by atoms with Crippen LogP contribution in [0.1, 0.15) is 34.9 Å². The average molecular weight is 376 g/mol. The molecule has 1 saturated carbocycles. The smallest absolute Gasteiger partial charge is 0.270 e. The fourth-order valence-corrected chi connectivity index (χ4v) is 3.66. The molecular weight excluding hydrogens is 360 g/mol. The number of thiophene rings is 1. The van der Waals surface area contributed by atoms with Gasteiger partial charge in [-0.2, -0.15) is 4.98 Å². The molecule has 1 aliphatic carbocycles. The molecule has 0 atom stereocenters. The molecule has 1 amide bonds. The van der Waals surface area contributed by atoms with E-state index >= 15 is 0 Å². The summed E-state index contributed by atoms with van der Waals surface area (Å²) >= 11 is 1.47. The molecule has 1 aliphatic rings.